The van der Waals surface area contributed by atoms with E-state index in [4.69, 9.17) is 0 Å². The number of fused-ring (bicyclic) bond motifs is 1. The lowest BCUT2D eigenvalue weighted by atomic mass is 10.1. The van der Waals surface area contributed by atoms with Crippen LogP contribution in [0.3, 0.4) is 0 Å². The maximum Gasteiger partial charge on any atom is 0.134 e. The average Bonchev–Trinajstić information content (AvgIpc) is 2.07. The molecule has 0 aliphatic rings. The normalized spacial score (nSPS) is 10.9. The third-order valence-corrected chi connectivity index (χ3v) is 2.08. The molecule has 2 aromatic rings. The van der Waals surface area contributed by atoms with Crippen molar-refractivity contribution in [2.24, 2.45) is 0 Å². The standard InChI is InChI=1S/C11H7F3/c1-6-2-8-9(10(13)3-6)4-7(12)5-11(8)14/h2-5H,1H3. The summed E-state index contributed by atoms with van der Waals surface area (Å²) in [6, 6.07) is 4.49. The fourth-order valence-corrected chi connectivity index (χ4v) is 1.48. The fraction of sp³-hybridized carbons (Fsp3) is 0.0909. The molecule has 0 aliphatic carbocycles. The summed E-state index contributed by atoms with van der Waals surface area (Å²) in [5.41, 5.74) is 0.612. The van der Waals surface area contributed by atoms with Gasteiger partial charge in [-0.15, -0.1) is 0 Å². The van der Waals surface area contributed by atoms with Crippen molar-refractivity contribution in [2.75, 3.05) is 0 Å². The summed E-state index contributed by atoms with van der Waals surface area (Å²) in [5.74, 6) is -2.10. The summed E-state index contributed by atoms with van der Waals surface area (Å²) in [7, 11) is 0. The van der Waals surface area contributed by atoms with E-state index in [2.05, 4.69) is 0 Å². The lowest BCUT2D eigenvalue weighted by Crippen LogP contribution is -1.88. The van der Waals surface area contributed by atoms with Crippen molar-refractivity contribution in [3.8, 4) is 0 Å². The maximum absolute atomic E-state index is 13.3. The van der Waals surface area contributed by atoms with Crippen molar-refractivity contribution in [2.45, 2.75) is 6.92 Å². The number of rotatable bonds is 0. The van der Waals surface area contributed by atoms with E-state index < -0.39 is 17.5 Å². The summed E-state index contributed by atoms with van der Waals surface area (Å²) >= 11 is 0. The lowest BCUT2D eigenvalue weighted by molar-refractivity contribution is 0.587. The van der Waals surface area contributed by atoms with Gasteiger partial charge < -0.3 is 0 Å². The van der Waals surface area contributed by atoms with Gasteiger partial charge in [-0.2, -0.15) is 0 Å². The second kappa shape index (κ2) is 3.01. The SMILES string of the molecule is Cc1cc(F)c2cc(F)cc(F)c2c1. The molecular formula is C11H7F3. The van der Waals surface area contributed by atoms with Crippen LogP contribution in [0.5, 0.6) is 0 Å². The zero-order chi connectivity index (χ0) is 10.3. The Balaban J connectivity index is 2.94. The van der Waals surface area contributed by atoms with Crippen molar-refractivity contribution in [1.29, 1.82) is 0 Å². The van der Waals surface area contributed by atoms with Crippen LogP contribution in [0.2, 0.25) is 0 Å². The van der Waals surface area contributed by atoms with Crippen LogP contribution in [0.15, 0.2) is 24.3 Å². The molecule has 0 N–H and O–H groups in total. The minimum atomic E-state index is -0.766. The highest BCUT2D eigenvalue weighted by molar-refractivity contribution is 5.84. The number of hydrogen-bond acceptors (Lipinski definition) is 0. The van der Waals surface area contributed by atoms with Gasteiger partial charge in [-0.25, -0.2) is 13.2 Å². The highest BCUT2D eigenvalue weighted by atomic mass is 19.1. The van der Waals surface area contributed by atoms with Crippen LogP contribution in [-0.4, -0.2) is 0 Å². The molecule has 0 saturated carbocycles. The van der Waals surface area contributed by atoms with Crippen molar-refractivity contribution < 1.29 is 13.2 Å². The van der Waals surface area contributed by atoms with E-state index >= 15 is 0 Å². The van der Waals surface area contributed by atoms with Gasteiger partial charge in [-0.05, 0) is 30.7 Å². The van der Waals surface area contributed by atoms with Crippen molar-refractivity contribution in [3.05, 3.63) is 47.3 Å². The molecule has 3 heteroatoms. The molecular weight excluding hydrogens is 189 g/mol. The Hall–Kier alpha value is -1.51. The van der Waals surface area contributed by atoms with E-state index in [0.717, 1.165) is 12.1 Å². The zero-order valence-electron chi connectivity index (χ0n) is 7.44. The van der Waals surface area contributed by atoms with Gasteiger partial charge in [0.15, 0.2) is 0 Å². The zero-order valence-corrected chi connectivity index (χ0v) is 7.44. The van der Waals surface area contributed by atoms with Crippen LogP contribution < -0.4 is 0 Å². The number of aryl methyl sites for hydroxylation is 1. The van der Waals surface area contributed by atoms with Crippen molar-refractivity contribution in [3.63, 3.8) is 0 Å². The first-order chi connectivity index (χ1) is 6.58. The quantitative estimate of drug-likeness (QED) is 0.604. The molecule has 0 amide bonds. The van der Waals surface area contributed by atoms with Crippen LogP contribution in [0, 0.1) is 24.4 Å². The molecule has 72 valence electrons. The van der Waals surface area contributed by atoms with Gasteiger partial charge in [0.05, 0.1) is 0 Å². The molecule has 0 fully saturated rings. The van der Waals surface area contributed by atoms with E-state index in [0.29, 0.717) is 5.56 Å². The minimum absolute atomic E-state index is 0.0203. The third kappa shape index (κ3) is 1.35. The van der Waals surface area contributed by atoms with E-state index in [-0.39, 0.29) is 10.8 Å². The largest absolute Gasteiger partial charge is 0.207 e. The fourth-order valence-electron chi connectivity index (χ4n) is 1.48. The minimum Gasteiger partial charge on any atom is -0.207 e. The van der Waals surface area contributed by atoms with Crippen molar-refractivity contribution >= 4 is 10.8 Å². The van der Waals surface area contributed by atoms with Gasteiger partial charge in [-0.1, -0.05) is 0 Å². The highest BCUT2D eigenvalue weighted by Crippen LogP contribution is 2.23. The van der Waals surface area contributed by atoms with Crippen LogP contribution in [0.4, 0.5) is 13.2 Å². The van der Waals surface area contributed by atoms with Gasteiger partial charge in [-0.3, -0.25) is 0 Å². The molecule has 0 aliphatic heterocycles. The maximum atomic E-state index is 13.3. The first kappa shape index (κ1) is 9.06. The van der Waals surface area contributed by atoms with Crippen LogP contribution >= 0.6 is 0 Å². The van der Waals surface area contributed by atoms with E-state index in [9.17, 15) is 13.2 Å². The second-order valence-corrected chi connectivity index (χ2v) is 3.23. The van der Waals surface area contributed by atoms with Crippen LogP contribution in [-0.2, 0) is 0 Å². The highest BCUT2D eigenvalue weighted by Gasteiger charge is 2.08. The molecule has 0 bridgehead atoms. The summed E-state index contributed by atoms with van der Waals surface area (Å²) < 4.78 is 39.2. The molecule has 2 aromatic carbocycles. The van der Waals surface area contributed by atoms with Gasteiger partial charge in [0.1, 0.15) is 17.5 Å². The molecule has 0 unspecified atom stereocenters. The van der Waals surface area contributed by atoms with Gasteiger partial charge >= 0.3 is 0 Å². The predicted molar refractivity (Wildman–Crippen MR) is 48.6 cm³/mol. The van der Waals surface area contributed by atoms with Gasteiger partial charge in [0.25, 0.3) is 0 Å². The number of benzene rings is 2. The van der Waals surface area contributed by atoms with Crippen LogP contribution in [0.25, 0.3) is 10.8 Å². The summed E-state index contributed by atoms with van der Waals surface area (Å²) in [6.07, 6.45) is 0. The number of halogens is 3. The molecule has 0 radical (unpaired) electrons. The molecule has 0 spiro atoms. The Bertz CT molecular complexity index is 456. The number of hydrogen-bond donors (Lipinski definition) is 0. The topological polar surface area (TPSA) is 0 Å². The molecule has 0 nitrogen and oxygen atoms in total. The first-order valence-electron chi connectivity index (χ1n) is 4.13. The monoisotopic (exact) mass is 196 g/mol. The Kier molecular flexibility index (Phi) is 1.95. The Labute approximate surface area is 79.0 Å². The van der Waals surface area contributed by atoms with Crippen molar-refractivity contribution in [1.82, 2.24) is 0 Å². The van der Waals surface area contributed by atoms with Gasteiger partial charge in [0, 0.05) is 16.8 Å². The molecule has 0 saturated heterocycles. The Morgan fingerprint density at radius 3 is 2.07 bits per heavy atom. The summed E-state index contributed by atoms with van der Waals surface area (Å²) in [6.45, 7) is 1.66. The molecule has 0 aromatic heterocycles. The van der Waals surface area contributed by atoms with E-state index in [1.54, 1.807) is 6.92 Å². The van der Waals surface area contributed by atoms with E-state index in [1.807, 2.05) is 0 Å². The van der Waals surface area contributed by atoms with Crippen LogP contribution in [0.1, 0.15) is 5.56 Å². The summed E-state index contributed by atoms with van der Waals surface area (Å²) in [5, 5.41) is 0.0944. The molecule has 2 rings (SSSR count). The molecule has 0 heterocycles. The van der Waals surface area contributed by atoms with Gasteiger partial charge in [0.2, 0.25) is 0 Å². The first-order valence-corrected chi connectivity index (χ1v) is 4.13. The average molecular weight is 196 g/mol. The molecule has 0 atom stereocenters. The second-order valence-electron chi connectivity index (χ2n) is 3.23. The third-order valence-electron chi connectivity index (χ3n) is 2.08. The van der Waals surface area contributed by atoms with E-state index in [1.165, 1.54) is 12.1 Å². The lowest BCUT2D eigenvalue weighted by Gasteiger charge is -2.03. The predicted octanol–water partition coefficient (Wildman–Crippen LogP) is 3.57. The summed E-state index contributed by atoms with van der Waals surface area (Å²) in [4.78, 5) is 0. The Morgan fingerprint density at radius 2 is 1.36 bits per heavy atom. The Morgan fingerprint density at radius 1 is 0.786 bits per heavy atom. The molecule has 14 heavy (non-hydrogen) atoms. The smallest absolute Gasteiger partial charge is 0.134 e.